The highest BCUT2D eigenvalue weighted by molar-refractivity contribution is 7.97. The molecule has 0 saturated heterocycles. The molecular formula is C17H26O2S. The first kappa shape index (κ1) is 20.8. The number of allylic oxidation sites excluding steroid dienone is 4. The fraction of sp³-hybridized carbons (Fsp3) is 0.353. The summed E-state index contributed by atoms with van der Waals surface area (Å²) in [4.78, 5) is 10.3. The molecule has 1 rings (SSSR count). The summed E-state index contributed by atoms with van der Waals surface area (Å²) >= 11 is 1.75. The van der Waals surface area contributed by atoms with Gasteiger partial charge in [-0.05, 0) is 51.0 Å². The number of thioether (sulfide) groups is 1. The van der Waals surface area contributed by atoms with E-state index in [-0.39, 0.29) is 5.78 Å². The van der Waals surface area contributed by atoms with E-state index in [1.807, 2.05) is 43.7 Å². The van der Waals surface area contributed by atoms with Crippen molar-refractivity contribution in [2.45, 2.75) is 27.2 Å². The van der Waals surface area contributed by atoms with Gasteiger partial charge in [-0.25, -0.2) is 0 Å². The molecule has 0 aromatic heterocycles. The molecule has 0 atom stereocenters. The SMILES string of the molecule is CCC=CC=CC(C)=O.CSC.Cc1ccc(O)cc1. The van der Waals surface area contributed by atoms with Crippen LogP contribution >= 0.6 is 11.8 Å². The molecule has 0 unspecified atom stereocenters. The molecule has 1 aromatic rings. The highest BCUT2D eigenvalue weighted by Gasteiger charge is 1.82. The second kappa shape index (κ2) is 15.6. The average Bonchev–Trinajstić information content (AvgIpc) is 2.40. The number of phenols is 1. The highest BCUT2D eigenvalue weighted by Crippen LogP contribution is 2.07. The molecule has 0 amide bonds. The Labute approximate surface area is 127 Å². The largest absolute Gasteiger partial charge is 0.508 e. The Balaban J connectivity index is 0. The minimum Gasteiger partial charge on any atom is -0.508 e. The van der Waals surface area contributed by atoms with Crippen molar-refractivity contribution in [3.8, 4) is 5.75 Å². The Hall–Kier alpha value is -1.48. The van der Waals surface area contributed by atoms with Crippen LogP contribution in [0.4, 0.5) is 0 Å². The number of hydrogen-bond acceptors (Lipinski definition) is 3. The van der Waals surface area contributed by atoms with E-state index in [2.05, 4.69) is 6.92 Å². The first-order valence-electron chi connectivity index (χ1n) is 6.47. The number of rotatable bonds is 3. The molecule has 0 aliphatic carbocycles. The van der Waals surface area contributed by atoms with E-state index in [4.69, 9.17) is 5.11 Å². The van der Waals surface area contributed by atoms with Crippen LogP contribution in [0.2, 0.25) is 0 Å². The van der Waals surface area contributed by atoms with Gasteiger partial charge >= 0.3 is 0 Å². The summed E-state index contributed by atoms with van der Waals surface area (Å²) in [6.07, 6.45) is 12.3. The lowest BCUT2D eigenvalue weighted by atomic mass is 10.2. The van der Waals surface area contributed by atoms with Gasteiger partial charge in [-0.15, -0.1) is 0 Å². The van der Waals surface area contributed by atoms with Gasteiger partial charge in [-0.3, -0.25) is 4.79 Å². The van der Waals surface area contributed by atoms with Crippen LogP contribution in [0.25, 0.3) is 0 Å². The Morgan fingerprint density at radius 3 is 2.05 bits per heavy atom. The Kier molecular flexibility index (Phi) is 16.2. The molecule has 2 nitrogen and oxygen atoms in total. The van der Waals surface area contributed by atoms with Crippen molar-refractivity contribution in [1.82, 2.24) is 0 Å². The van der Waals surface area contributed by atoms with Crippen molar-refractivity contribution >= 4 is 17.5 Å². The maximum atomic E-state index is 10.3. The number of benzene rings is 1. The molecule has 0 heterocycles. The molecule has 0 aliphatic heterocycles. The molecule has 1 aromatic carbocycles. The van der Waals surface area contributed by atoms with Gasteiger partial charge in [0.05, 0.1) is 0 Å². The normalized spacial score (nSPS) is 9.65. The van der Waals surface area contributed by atoms with Crippen molar-refractivity contribution in [2.24, 2.45) is 0 Å². The third kappa shape index (κ3) is 18.9. The van der Waals surface area contributed by atoms with Crippen LogP contribution in [0.3, 0.4) is 0 Å². The summed E-state index contributed by atoms with van der Waals surface area (Å²) in [5, 5.41) is 8.76. The van der Waals surface area contributed by atoms with Crippen LogP contribution in [-0.2, 0) is 4.79 Å². The maximum Gasteiger partial charge on any atom is 0.152 e. The van der Waals surface area contributed by atoms with E-state index in [0.717, 1.165) is 6.42 Å². The minimum absolute atomic E-state index is 0.0933. The van der Waals surface area contributed by atoms with E-state index in [9.17, 15) is 4.79 Å². The molecule has 0 radical (unpaired) electrons. The lowest BCUT2D eigenvalue weighted by molar-refractivity contribution is -0.112. The van der Waals surface area contributed by atoms with Crippen LogP contribution in [0.1, 0.15) is 25.8 Å². The topological polar surface area (TPSA) is 37.3 Å². The minimum atomic E-state index is 0.0933. The van der Waals surface area contributed by atoms with Crippen molar-refractivity contribution < 1.29 is 9.90 Å². The van der Waals surface area contributed by atoms with Gasteiger partial charge in [0.1, 0.15) is 5.75 Å². The number of carbonyl (C=O) groups excluding carboxylic acids is 1. The van der Waals surface area contributed by atoms with Gasteiger partial charge in [0.15, 0.2) is 5.78 Å². The number of hydrogen-bond donors (Lipinski definition) is 1. The molecule has 0 aliphatic rings. The summed E-state index contributed by atoms with van der Waals surface area (Å²) in [5.41, 5.74) is 1.17. The number of ketones is 1. The van der Waals surface area contributed by atoms with E-state index in [1.54, 1.807) is 36.0 Å². The predicted molar refractivity (Wildman–Crippen MR) is 91.5 cm³/mol. The zero-order chi connectivity index (χ0) is 15.8. The van der Waals surface area contributed by atoms with E-state index in [1.165, 1.54) is 12.5 Å². The van der Waals surface area contributed by atoms with Gasteiger partial charge in [-0.2, -0.15) is 11.8 Å². The molecule has 20 heavy (non-hydrogen) atoms. The predicted octanol–water partition coefficient (Wildman–Crippen LogP) is 4.78. The Morgan fingerprint density at radius 1 is 1.20 bits per heavy atom. The van der Waals surface area contributed by atoms with Crippen LogP contribution in [0.15, 0.2) is 48.6 Å². The summed E-state index contributed by atoms with van der Waals surface area (Å²) < 4.78 is 0. The van der Waals surface area contributed by atoms with Crippen molar-refractivity contribution in [2.75, 3.05) is 12.5 Å². The number of carbonyl (C=O) groups is 1. The summed E-state index contributed by atoms with van der Waals surface area (Å²) in [5.74, 6) is 0.423. The summed E-state index contributed by atoms with van der Waals surface area (Å²) in [6, 6.07) is 7.09. The Bertz CT molecular complexity index is 371. The zero-order valence-electron chi connectivity index (χ0n) is 13.1. The lowest BCUT2D eigenvalue weighted by Crippen LogP contribution is -1.77. The van der Waals surface area contributed by atoms with Crippen molar-refractivity contribution in [3.05, 3.63) is 54.1 Å². The zero-order valence-corrected chi connectivity index (χ0v) is 13.9. The molecule has 0 bridgehead atoms. The van der Waals surface area contributed by atoms with E-state index in [0.29, 0.717) is 5.75 Å². The van der Waals surface area contributed by atoms with Crippen molar-refractivity contribution in [1.29, 1.82) is 0 Å². The van der Waals surface area contributed by atoms with E-state index >= 15 is 0 Å². The number of phenolic OH excluding ortho intramolecular Hbond substituents is 1. The molecule has 0 spiro atoms. The quantitative estimate of drug-likeness (QED) is 0.644. The first-order chi connectivity index (χ1) is 9.47. The first-order valence-corrected chi connectivity index (χ1v) is 8.10. The maximum absolute atomic E-state index is 10.3. The molecule has 0 saturated carbocycles. The van der Waals surface area contributed by atoms with Crippen molar-refractivity contribution in [3.63, 3.8) is 0 Å². The monoisotopic (exact) mass is 294 g/mol. The van der Waals surface area contributed by atoms with Crippen LogP contribution in [0, 0.1) is 6.92 Å². The molecule has 112 valence electrons. The van der Waals surface area contributed by atoms with Gasteiger partial charge < -0.3 is 5.11 Å². The summed E-state index contributed by atoms with van der Waals surface area (Å²) in [6.45, 7) is 5.58. The third-order valence-corrected chi connectivity index (χ3v) is 1.85. The smallest absolute Gasteiger partial charge is 0.152 e. The second-order valence-corrected chi connectivity index (χ2v) is 4.87. The van der Waals surface area contributed by atoms with Gasteiger partial charge in [0.25, 0.3) is 0 Å². The lowest BCUT2D eigenvalue weighted by Gasteiger charge is -1.89. The van der Waals surface area contributed by atoms with Crippen LogP contribution < -0.4 is 0 Å². The Morgan fingerprint density at radius 2 is 1.70 bits per heavy atom. The molecular weight excluding hydrogens is 268 g/mol. The van der Waals surface area contributed by atoms with Crippen LogP contribution in [-0.4, -0.2) is 23.4 Å². The van der Waals surface area contributed by atoms with Gasteiger partial charge in [-0.1, -0.05) is 42.8 Å². The number of aromatic hydroxyl groups is 1. The van der Waals surface area contributed by atoms with Gasteiger partial charge in [0.2, 0.25) is 0 Å². The average molecular weight is 294 g/mol. The van der Waals surface area contributed by atoms with E-state index < -0.39 is 0 Å². The van der Waals surface area contributed by atoms with Crippen LogP contribution in [0.5, 0.6) is 5.75 Å². The standard InChI is InChI=1S/C8H12O.C7H8O.C2H6S/c1-3-4-5-6-7-8(2)9;1-6-2-4-7(8)5-3-6;1-3-2/h4-7H,3H2,1-2H3;2-5,8H,1H3;1-2H3. The molecule has 1 N–H and O–H groups in total. The molecule has 0 fully saturated rings. The fourth-order valence-corrected chi connectivity index (χ4v) is 0.950. The second-order valence-electron chi connectivity index (χ2n) is 4.05. The summed E-state index contributed by atoms with van der Waals surface area (Å²) in [7, 11) is 0. The van der Waals surface area contributed by atoms with Gasteiger partial charge in [0, 0.05) is 0 Å². The molecule has 3 heteroatoms. The number of aryl methyl sites for hydroxylation is 1. The highest BCUT2D eigenvalue weighted by atomic mass is 32.2. The third-order valence-electron chi connectivity index (χ3n) is 1.85. The fourth-order valence-electron chi connectivity index (χ4n) is 0.950.